The maximum absolute atomic E-state index is 12.4. The Kier molecular flexibility index (Phi) is 7.91. The van der Waals surface area contributed by atoms with E-state index < -0.39 is 0 Å². The first-order valence-corrected chi connectivity index (χ1v) is 11.0. The van der Waals surface area contributed by atoms with Gasteiger partial charge in [-0.3, -0.25) is 4.79 Å². The van der Waals surface area contributed by atoms with Gasteiger partial charge in [0.05, 0.1) is 22.5 Å². The summed E-state index contributed by atoms with van der Waals surface area (Å²) in [6.07, 6.45) is 2.02. The predicted octanol–water partition coefficient (Wildman–Crippen LogP) is 6.86. The molecule has 2 N–H and O–H groups in total. The third-order valence-electron chi connectivity index (χ3n) is 4.74. The number of hydrogen-bond acceptors (Lipinski definition) is 3. The largest absolute Gasteiger partial charge is 0.492 e. The Labute approximate surface area is 186 Å². The number of benzene rings is 3. The van der Waals surface area contributed by atoms with Gasteiger partial charge >= 0.3 is 0 Å². The van der Waals surface area contributed by atoms with Gasteiger partial charge in [-0.2, -0.15) is 0 Å². The van der Waals surface area contributed by atoms with Crippen LogP contribution in [0.15, 0.2) is 71.2 Å². The lowest BCUT2D eigenvalue weighted by Crippen LogP contribution is -2.14. The van der Waals surface area contributed by atoms with Crippen molar-refractivity contribution >= 4 is 38.9 Å². The monoisotopic (exact) mass is 466 g/mol. The summed E-state index contributed by atoms with van der Waals surface area (Å²) >= 11 is 3.54. The van der Waals surface area contributed by atoms with Crippen molar-refractivity contribution in [1.82, 2.24) is 0 Å². The van der Waals surface area contributed by atoms with Crippen LogP contribution in [0.3, 0.4) is 0 Å². The van der Waals surface area contributed by atoms with Crippen LogP contribution in [-0.4, -0.2) is 12.5 Å². The number of anilines is 3. The molecule has 156 valence electrons. The molecule has 0 saturated heterocycles. The van der Waals surface area contributed by atoms with Crippen LogP contribution in [0.25, 0.3) is 0 Å². The summed E-state index contributed by atoms with van der Waals surface area (Å²) < 4.78 is 6.76. The maximum atomic E-state index is 12.4. The molecule has 0 atom stereocenters. The summed E-state index contributed by atoms with van der Waals surface area (Å²) in [6.45, 7) is 4.66. The number of carbonyl (C=O) groups excluding carboxylic acids is 1. The number of ether oxygens (including phenoxy) is 1. The number of carbonyl (C=O) groups is 1. The summed E-state index contributed by atoms with van der Waals surface area (Å²) in [5.41, 5.74) is 5.08. The van der Waals surface area contributed by atoms with Crippen molar-refractivity contribution in [3.8, 4) is 5.75 Å². The number of halogens is 1. The Hall–Kier alpha value is -2.79. The number of hydrogen-bond donors (Lipinski definition) is 2. The molecule has 0 aliphatic carbocycles. The molecule has 0 spiro atoms. The highest BCUT2D eigenvalue weighted by Crippen LogP contribution is 2.27. The molecule has 0 fully saturated rings. The Morgan fingerprint density at radius 3 is 2.43 bits per heavy atom. The molecule has 0 unspecified atom stereocenters. The minimum absolute atomic E-state index is 0.0304. The molecular formula is C25H27BrN2O2. The van der Waals surface area contributed by atoms with Crippen molar-refractivity contribution in [3.05, 3.63) is 82.3 Å². The van der Waals surface area contributed by atoms with Gasteiger partial charge in [0.15, 0.2) is 0 Å². The van der Waals surface area contributed by atoms with E-state index in [1.807, 2.05) is 42.5 Å². The van der Waals surface area contributed by atoms with E-state index in [9.17, 15) is 4.79 Å². The summed E-state index contributed by atoms with van der Waals surface area (Å²) in [7, 11) is 0. The summed E-state index contributed by atoms with van der Waals surface area (Å²) in [4.78, 5) is 12.4. The average Bonchev–Trinajstić information content (AvgIpc) is 2.75. The van der Waals surface area contributed by atoms with Crippen molar-refractivity contribution in [3.63, 3.8) is 0 Å². The lowest BCUT2D eigenvalue weighted by molar-refractivity contribution is -0.116. The summed E-state index contributed by atoms with van der Waals surface area (Å²) in [5, 5.41) is 6.37. The Balaban J connectivity index is 1.50. The van der Waals surface area contributed by atoms with Crippen molar-refractivity contribution in [1.29, 1.82) is 0 Å². The highest BCUT2D eigenvalue weighted by Gasteiger charge is 2.08. The number of amides is 1. The van der Waals surface area contributed by atoms with Gasteiger partial charge in [-0.25, -0.2) is 0 Å². The molecule has 4 nitrogen and oxygen atoms in total. The van der Waals surface area contributed by atoms with Crippen molar-refractivity contribution in [2.75, 3.05) is 17.2 Å². The number of nitrogens with one attached hydrogen (secondary N) is 2. The second-order valence-corrected chi connectivity index (χ2v) is 8.01. The normalized spacial score (nSPS) is 10.5. The molecule has 0 heterocycles. The third-order valence-corrected chi connectivity index (χ3v) is 5.36. The molecule has 0 bridgehead atoms. The molecule has 0 aliphatic heterocycles. The van der Waals surface area contributed by atoms with Gasteiger partial charge in [-0.15, -0.1) is 0 Å². The Morgan fingerprint density at radius 1 is 1.00 bits per heavy atom. The Morgan fingerprint density at radius 2 is 1.73 bits per heavy atom. The minimum Gasteiger partial charge on any atom is -0.492 e. The zero-order valence-electron chi connectivity index (χ0n) is 17.4. The molecule has 3 aromatic carbocycles. The van der Waals surface area contributed by atoms with Gasteiger partial charge in [0.1, 0.15) is 5.75 Å². The topological polar surface area (TPSA) is 50.4 Å². The van der Waals surface area contributed by atoms with E-state index in [4.69, 9.17) is 4.74 Å². The second-order valence-electron chi connectivity index (χ2n) is 7.16. The molecule has 0 aliphatic rings. The van der Waals surface area contributed by atoms with Crippen molar-refractivity contribution < 1.29 is 9.53 Å². The molecule has 0 radical (unpaired) electrons. The van der Waals surface area contributed by atoms with E-state index >= 15 is 0 Å². The lowest BCUT2D eigenvalue weighted by atomic mass is 10.2. The number of rotatable bonds is 9. The second kappa shape index (κ2) is 10.8. The molecule has 3 rings (SSSR count). The first-order valence-electron chi connectivity index (χ1n) is 10.2. The van der Waals surface area contributed by atoms with E-state index in [2.05, 4.69) is 64.7 Å². The van der Waals surface area contributed by atoms with Crippen LogP contribution in [0.5, 0.6) is 5.75 Å². The van der Waals surface area contributed by atoms with Gasteiger partial charge in [-0.1, -0.05) is 42.8 Å². The first-order chi connectivity index (χ1) is 14.5. The molecular weight excluding hydrogens is 440 g/mol. The number of aryl methyl sites for hydroxylation is 2. The van der Waals surface area contributed by atoms with Crippen LogP contribution in [0, 0.1) is 6.92 Å². The van der Waals surface area contributed by atoms with E-state index in [0.717, 1.165) is 33.7 Å². The van der Waals surface area contributed by atoms with Crippen LogP contribution in [0.4, 0.5) is 17.1 Å². The smallest absolute Gasteiger partial charge is 0.224 e. The fourth-order valence-corrected chi connectivity index (χ4v) is 3.54. The quantitative estimate of drug-likeness (QED) is 0.338. The van der Waals surface area contributed by atoms with Crippen LogP contribution >= 0.6 is 15.9 Å². The molecule has 3 aromatic rings. The standard InChI is InChI=1S/C25H27BrN2O2/c1-3-19-12-15-24(21(26)17-19)30-16-6-9-25(29)28-23-8-5-4-7-22(23)27-20-13-10-18(2)11-14-20/h4-5,7-8,10-15,17,27H,3,6,9,16H2,1-2H3,(H,28,29). The van der Waals surface area contributed by atoms with Gasteiger partial charge < -0.3 is 15.4 Å². The van der Waals surface area contributed by atoms with Gasteiger partial charge in [0, 0.05) is 12.1 Å². The van der Waals surface area contributed by atoms with Crippen LogP contribution in [0.2, 0.25) is 0 Å². The van der Waals surface area contributed by atoms with Crippen LogP contribution < -0.4 is 15.4 Å². The predicted molar refractivity (Wildman–Crippen MR) is 128 cm³/mol. The molecule has 0 saturated carbocycles. The zero-order valence-corrected chi connectivity index (χ0v) is 19.0. The third kappa shape index (κ3) is 6.36. The maximum Gasteiger partial charge on any atom is 0.224 e. The van der Waals surface area contributed by atoms with Crippen molar-refractivity contribution in [2.24, 2.45) is 0 Å². The minimum atomic E-state index is -0.0304. The van der Waals surface area contributed by atoms with Crippen molar-refractivity contribution in [2.45, 2.75) is 33.1 Å². The molecule has 5 heteroatoms. The van der Waals surface area contributed by atoms with Crippen LogP contribution in [-0.2, 0) is 11.2 Å². The molecule has 1 amide bonds. The fourth-order valence-electron chi connectivity index (χ4n) is 3.00. The van der Waals surface area contributed by atoms with Gasteiger partial charge in [-0.05, 0) is 77.7 Å². The van der Waals surface area contributed by atoms with E-state index in [1.54, 1.807) is 0 Å². The van der Waals surface area contributed by atoms with E-state index in [0.29, 0.717) is 19.4 Å². The molecule has 30 heavy (non-hydrogen) atoms. The average molecular weight is 467 g/mol. The summed E-state index contributed by atoms with van der Waals surface area (Å²) in [5.74, 6) is 0.775. The summed E-state index contributed by atoms with van der Waals surface area (Å²) in [6, 6.07) is 22.0. The Bertz CT molecular complexity index is 987. The highest BCUT2D eigenvalue weighted by molar-refractivity contribution is 9.10. The van der Waals surface area contributed by atoms with E-state index in [1.165, 1.54) is 11.1 Å². The van der Waals surface area contributed by atoms with E-state index in [-0.39, 0.29) is 5.91 Å². The fraction of sp³-hybridized carbons (Fsp3) is 0.240. The van der Waals surface area contributed by atoms with Crippen LogP contribution in [0.1, 0.15) is 30.9 Å². The van der Waals surface area contributed by atoms with Gasteiger partial charge in [0.25, 0.3) is 0 Å². The lowest BCUT2D eigenvalue weighted by Gasteiger charge is -2.13. The number of para-hydroxylation sites is 2. The highest BCUT2D eigenvalue weighted by atomic mass is 79.9. The van der Waals surface area contributed by atoms with Gasteiger partial charge in [0.2, 0.25) is 5.91 Å². The molecule has 0 aromatic heterocycles. The first kappa shape index (κ1) is 21.9. The SMILES string of the molecule is CCc1ccc(OCCCC(=O)Nc2ccccc2Nc2ccc(C)cc2)c(Br)c1. The zero-order chi connectivity index (χ0) is 21.3.